The Morgan fingerprint density at radius 2 is 1.71 bits per heavy atom. The van der Waals surface area contributed by atoms with Gasteiger partial charge in [0.25, 0.3) is 0 Å². The smallest absolute Gasteiger partial charge is 0.299 e. The maximum absolute atomic E-state index is 13.8. The minimum atomic E-state index is -0.934. The van der Waals surface area contributed by atoms with E-state index in [0.29, 0.717) is 5.56 Å². The standard InChI is InChI=1S/C16H14FNO3/c1-10-3-5-12(6-4-10)16(11(2)19)13-7-8-15(18(20)21)14(17)9-13/h3-9,16H,1-2H3. The van der Waals surface area contributed by atoms with Gasteiger partial charge in [0.1, 0.15) is 5.78 Å². The molecular formula is C16H14FNO3. The second kappa shape index (κ2) is 5.83. The zero-order chi connectivity index (χ0) is 15.6. The van der Waals surface area contributed by atoms with Gasteiger partial charge in [-0.1, -0.05) is 35.9 Å². The molecular weight excluding hydrogens is 273 g/mol. The molecule has 2 aromatic carbocycles. The molecule has 4 nitrogen and oxygen atoms in total. The van der Waals surface area contributed by atoms with Gasteiger partial charge in [0.2, 0.25) is 5.82 Å². The van der Waals surface area contributed by atoms with Crippen LogP contribution in [0.4, 0.5) is 10.1 Å². The van der Waals surface area contributed by atoms with Gasteiger partial charge in [-0.25, -0.2) is 0 Å². The molecule has 108 valence electrons. The summed E-state index contributed by atoms with van der Waals surface area (Å²) in [6.07, 6.45) is 0. The van der Waals surface area contributed by atoms with E-state index in [2.05, 4.69) is 0 Å². The predicted molar refractivity (Wildman–Crippen MR) is 76.8 cm³/mol. The van der Waals surface area contributed by atoms with Crippen LogP contribution < -0.4 is 0 Å². The average molecular weight is 287 g/mol. The van der Waals surface area contributed by atoms with Crippen LogP contribution in [0.5, 0.6) is 0 Å². The molecule has 0 saturated carbocycles. The van der Waals surface area contributed by atoms with Gasteiger partial charge in [0.05, 0.1) is 10.8 Å². The molecule has 0 aliphatic carbocycles. The first kappa shape index (κ1) is 14.8. The molecule has 0 spiro atoms. The van der Waals surface area contributed by atoms with Crippen molar-refractivity contribution in [3.05, 3.63) is 75.1 Å². The SMILES string of the molecule is CC(=O)C(c1ccc(C)cc1)c1ccc([N+](=O)[O-])c(F)c1. The van der Waals surface area contributed by atoms with Crippen molar-refractivity contribution in [2.45, 2.75) is 19.8 Å². The monoisotopic (exact) mass is 287 g/mol. The molecule has 0 radical (unpaired) electrons. The van der Waals surface area contributed by atoms with Gasteiger partial charge in [-0.2, -0.15) is 4.39 Å². The molecule has 0 N–H and O–H groups in total. The van der Waals surface area contributed by atoms with Crippen LogP contribution in [0.15, 0.2) is 42.5 Å². The van der Waals surface area contributed by atoms with Crippen molar-refractivity contribution in [3.8, 4) is 0 Å². The molecule has 21 heavy (non-hydrogen) atoms. The highest BCUT2D eigenvalue weighted by atomic mass is 19.1. The summed E-state index contributed by atoms with van der Waals surface area (Å²) in [4.78, 5) is 21.8. The Kier molecular flexibility index (Phi) is 4.12. The summed E-state index contributed by atoms with van der Waals surface area (Å²) in [5, 5.41) is 10.6. The number of Topliss-reactive ketones (excluding diaryl/α,β-unsaturated/α-hetero) is 1. The minimum Gasteiger partial charge on any atom is -0.299 e. The van der Waals surface area contributed by atoms with Gasteiger partial charge in [-0.05, 0) is 31.0 Å². The number of carbonyl (C=O) groups is 1. The molecule has 0 heterocycles. The summed E-state index contributed by atoms with van der Waals surface area (Å²) in [7, 11) is 0. The van der Waals surface area contributed by atoms with Crippen LogP contribution in [0.25, 0.3) is 0 Å². The molecule has 0 aliphatic rings. The highest BCUT2D eigenvalue weighted by Gasteiger charge is 2.22. The van der Waals surface area contributed by atoms with Crippen molar-refractivity contribution >= 4 is 11.5 Å². The third-order valence-electron chi connectivity index (χ3n) is 3.32. The molecule has 0 aliphatic heterocycles. The fraction of sp³-hybridized carbons (Fsp3) is 0.188. The number of hydrogen-bond donors (Lipinski definition) is 0. The van der Waals surface area contributed by atoms with Gasteiger partial charge in [0, 0.05) is 6.07 Å². The fourth-order valence-corrected chi connectivity index (χ4v) is 2.27. The maximum Gasteiger partial charge on any atom is 0.304 e. The summed E-state index contributed by atoms with van der Waals surface area (Å²) in [5.74, 6) is -1.70. The predicted octanol–water partition coefficient (Wildman–Crippen LogP) is 3.76. The second-order valence-electron chi connectivity index (χ2n) is 4.92. The van der Waals surface area contributed by atoms with Crippen LogP contribution in [0.1, 0.15) is 29.5 Å². The van der Waals surface area contributed by atoms with Crippen molar-refractivity contribution in [3.63, 3.8) is 0 Å². The van der Waals surface area contributed by atoms with Crippen LogP contribution >= 0.6 is 0 Å². The van der Waals surface area contributed by atoms with Crippen LogP contribution in [-0.2, 0) is 4.79 Å². The number of nitro benzene ring substituents is 1. The Labute approximate surface area is 121 Å². The van der Waals surface area contributed by atoms with E-state index in [-0.39, 0.29) is 5.78 Å². The molecule has 0 fully saturated rings. The molecule has 5 heteroatoms. The average Bonchev–Trinajstić information content (AvgIpc) is 2.40. The highest BCUT2D eigenvalue weighted by Crippen LogP contribution is 2.29. The number of ketones is 1. The van der Waals surface area contributed by atoms with E-state index in [1.807, 2.05) is 19.1 Å². The first-order chi connectivity index (χ1) is 9.90. The van der Waals surface area contributed by atoms with Gasteiger partial charge < -0.3 is 0 Å². The Morgan fingerprint density at radius 1 is 1.14 bits per heavy atom. The number of rotatable bonds is 4. The van der Waals surface area contributed by atoms with Gasteiger partial charge >= 0.3 is 5.69 Å². The summed E-state index contributed by atoms with van der Waals surface area (Å²) in [6, 6.07) is 10.9. The highest BCUT2D eigenvalue weighted by molar-refractivity contribution is 5.87. The van der Waals surface area contributed by atoms with Crippen molar-refractivity contribution in [1.82, 2.24) is 0 Å². The van der Waals surface area contributed by atoms with E-state index < -0.39 is 22.3 Å². The largest absolute Gasteiger partial charge is 0.304 e. The van der Waals surface area contributed by atoms with Crippen molar-refractivity contribution in [1.29, 1.82) is 0 Å². The molecule has 2 aromatic rings. The van der Waals surface area contributed by atoms with Gasteiger partial charge in [0.15, 0.2) is 0 Å². The number of halogens is 1. The lowest BCUT2D eigenvalue weighted by Gasteiger charge is -2.15. The Bertz CT molecular complexity index is 695. The van der Waals surface area contributed by atoms with E-state index in [4.69, 9.17) is 0 Å². The van der Waals surface area contributed by atoms with Gasteiger partial charge in [-0.3, -0.25) is 14.9 Å². The van der Waals surface area contributed by atoms with E-state index in [0.717, 1.165) is 23.3 Å². The Balaban J connectivity index is 2.48. The summed E-state index contributed by atoms with van der Waals surface area (Å²) < 4.78 is 13.8. The molecule has 2 rings (SSSR count). The number of aryl methyl sites for hydroxylation is 1. The zero-order valence-corrected chi connectivity index (χ0v) is 11.7. The third kappa shape index (κ3) is 3.13. The van der Waals surface area contributed by atoms with Crippen molar-refractivity contribution in [2.75, 3.05) is 0 Å². The van der Waals surface area contributed by atoms with E-state index in [1.165, 1.54) is 13.0 Å². The lowest BCUT2D eigenvalue weighted by atomic mass is 9.88. The molecule has 0 saturated heterocycles. The van der Waals surface area contributed by atoms with Crippen molar-refractivity contribution < 1.29 is 14.1 Å². The maximum atomic E-state index is 13.8. The third-order valence-corrected chi connectivity index (χ3v) is 3.32. The lowest BCUT2D eigenvalue weighted by molar-refractivity contribution is -0.387. The molecule has 0 aromatic heterocycles. The van der Waals surface area contributed by atoms with E-state index in [9.17, 15) is 19.3 Å². The quantitative estimate of drug-likeness (QED) is 0.635. The Hall–Kier alpha value is -2.56. The number of benzene rings is 2. The molecule has 1 unspecified atom stereocenters. The number of nitrogens with zero attached hydrogens (tertiary/aromatic N) is 1. The first-order valence-electron chi connectivity index (χ1n) is 6.41. The fourth-order valence-electron chi connectivity index (χ4n) is 2.27. The van der Waals surface area contributed by atoms with Crippen LogP contribution in [0, 0.1) is 22.9 Å². The zero-order valence-electron chi connectivity index (χ0n) is 11.7. The van der Waals surface area contributed by atoms with Crippen LogP contribution in [-0.4, -0.2) is 10.7 Å². The second-order valence-corrected chi connectivity index (χ2v) is 4.92. The molecule has 1 atom stereocenters. The van der Waals surface area contributed by atoms with Gasteiger partial charge in [-0.15, -0.1) is 0 Å². The summed E-state index contributed by atoms with van der Waals surface area (Å²) in [6.45, 7) is 3.35. The van der Waals surface area contributed by atoms with Crippen molar-refractivity contribution in [2.24, 2.45) is 0 Å². The molecule has 0 amide bonds. The number of carbonyl (C=O) groups excluding carboxylic acids is 1. The van der Waals surface area contributed by atoms with Crippen LogP contribution in [0.2, 0.25) is 0 Å². The Morgan fingerprint density at radius 3 is 2.19 bits per heavy atom. The summed E-state index contributed by atoms with van der Waals surface area (Å²) >= 11 is 0. The van der Waals surface area contributed by atoms with Crippen LogP contribution in [0.3, 0.4) is 0 Å². The summed E-state index contributed by atoms with van der Waals surface area (Å²) in [5.41, 5.74) is 1.61. The minimum absolute atomic E-state index is 0.146. The number of nitro groups is 1. The molecule has 0 bridgehead atoms. The lowest BCUT2D eigenvalue weighted by Crippen LogP contribution is -2.11. The normalized spacial score (nSPS) is 12.0. The first-order valence-corrected chi connectivity index (χ1v) is 6.41. The topological polar surface area (TPSA) is 60.2 Å². The van der Waals surface area contributed by atoms with E-state index >= 15 is 0 Å². The number of hydrogen-bond acceptors (Lipinski definition) is 3. The van der Waals surface area contributed by atoms with E-state index in [1.54, 1.807) is 12.1 Å².